The number of hydrogen-bond acceptors (Lipinski definition) is 0. The summed E-state index contributed by atoms with van der Waals surface area (Å²) in [5.41, 5.74) is 0. The summed E-state index contributed by atoms with van der Waals surface area (Å²) in [6, 6.07) is 0. The van der Waals surface area contributed by atoms with Crippen LogP contribution in [-0.4, -0.2) is 0 Å². The van der Waals surface area contributed by atoms with Gasteiger partial charge in [0.15, 0.2) is 0 Å². The van der Waals surface area contributed by atoms with Gasteiger partial charge < -0.3 is 0 Å². The van der Waals surface area contributed by atoms with E-state index in [2.05, 4.69) is 0 Å². The monoisotopic (exact) mass is 189 g/mol. The maximum absolute atomic E-state index is 0. The topological polar surface area (TPSA) is 28.5 Å². The van der Waals surface area contributed by atoms with Crippen molar-refractivity contribution in [3.8, 4) is 0 Å². The van der Waals surface area contributed by atoms with E-state index in [-0.39, 0.29) is 55.8 Å². The van der Waals surface area contributed by atoms with Crippen molar-refractivity contribution in [2.24, 2.45) is 0 Å². The molecule has 0 bridgehead atoms. The van der Waals surface area contributed by atoms with Crippen LogP contribution < -0.4 is 0 Å². The Morgan fingerprint density at radius 1 is 1.00 bits per heavy atom. The van der Waals surface area contributed by atoms with Crippen LogP contribution in [0.1, 0.15) is 0 Å². The third-order valence-corrected chi connectivity index (χ3v) is 0. The second-order valence-electron chi connectivity index (χ2n) is 0. The average molecular weight is 189 g/mol. The van der Waals surface area contributed by atoms with Crippen molar-refractivity contribution in [1.82, 2.24) is 0 Å². The Morgan fingerprint density at radius 3 is 1.00 bits per heavy atom. The van der Waals surface area contributed by atoms with Crippen LogP contribution in [0, 0.1) is 0 Å². The molecule has 1 nitrogen and oxygen atoms in total. The first-order valence-electron chi connectivity index (χ1n) is 0. The molecule has 0 fully saturated rings. The van der Waals surface area contributed by atoms with Crippen LogP contribution in [0.15, 0.2) is 0 Å². The molecule has 0 rings (SSSR count). The summed E-state index contributed by atoms with van der Waals surface area (Å²) in [6.45, 7) is 0. The van der Waals surface area contributed by atoms with E-state index in [1.54, 1.807) is 0 Å². The van der Waals surface area contributed by atoms with Gasteiger partial charge in [-0.25, -0.2) is 0 Å². The van der Waals surface area contributed by atoms with Crippen molar-refractivity contribution in [2.75, 3.05) is 0 Å². The molecule has 0 N–H and O–H groups in total. The van der Waals surface area contributed by atoms with Crippen LogP contribution >= 0.6 is 0 Å². The molecule has 0 amide bonds. The summed E-state index contributed by atoms with van der Waals surface area (Å²) in [5, 5.41) is 0. The summed E-state index contributed by atoms with van der Waals surface area (Å²) in [7, 11) is 0. The van der Waals surface area contributed by atoms with Gasteiger partial charge in [-0.2, -0.15) is 0 Å². The molecule has 0 unspecified atom stereocenters. The molecule has 0 aliphatic carbocycles. The standard InChI is InChI=1S/Co.Fe.Ni.O. The molecule has 0 spiro atoms. The largest absolute Gasteiger partial charge is 0 e. The molecule has 33 valence electrons. The van der Waals surface area contributed by atoms with Crippen molar-refractivity contribution in [3.05, 3.63) is 0 Å². The van der Waals surface area contributed by atoms with Crippen molar-refractivity contribution in [1.29, 1.82) is 0 Å². The molecule has 0 aromatic heterocycles. The van der Waals surface area contributed by atoms with E-state index in [1.807, 2.05) is 0 Å². The van der Waals surface area contributed by atoms with E-state index in [0.29, 0.717) is 0 Å². The molecule has 0 aromatic carbocycles. The third kappa shape index (κ3) is 9.77. The normalized spacial score (nSPS) is 0. The zero-order valence-electron chi connectivity index (χ0n) is 1.41. The molecule has 4 heavy (non-hydrogen) atoms. The molecule has 0 aromatic rings. The second kappa shape index (κ2) is 24.8. The van der Waals surface area contributed by atoms with Crippen LogP contribution in [0.4, 0.5) is 0 Å². The van der Waals surface area contributed by atoms with E-state index in [1.165, 1.54) is 0 Å². The predicted molar refractivity (Wildman–Crippen MR) is 0.686 cm³/mol. The van der Waals surface area contributed by atoms with Gasteiger partial charge in [0.05, 0.1) is 0 Å². The van der Waals surface area contributed by atoms with Gasteiger partial charge in [-0.05, 0) is 0 Å². The number of rotatable bonds is 0. The quantitative estimate of drug-likeness (QED) is 0.475. The van der Waals surface area contributed by atoms with E-state index < -0.39 is 0 Å². The Hall–Kier alpha value is 1.48. The van der Waals surface area contributed by atoms with Gasteiger partial charge in [0, 0.05) is 55.8 Å². The molecular formula is CoFeNiO. The van der Waals surface area contributed by atoms with Crippen LogP contribution in [0.5, 0.6) is 0 Å². The molecule has 0 aliphatic heterocycles. The molecule has 0 heterocycles. The molecule has 3 radical (unpaired) electrons. The maximum atomic E-state index is 0. The Balaban J connectivity index is 0. The van der Waals surface area contributed by atoms with Crippen LogP contribution in [-0.2, 0) is 55.8 Å². The first-order valence-corrected chi connectivity index (χ1v) is 0. The van der Waals surface area contributed by atoms with Crippen molar-refractivity contribution in [3.63, 3.8) is 0 Å². The SMILES string of the molecule is [Co].[Fe].[Ni].[O]. The molecule has 0 atom stereocenters. The fourth-order valence-corrected chi connectivity index (χ4v) is 0. The zero-order valence-corrected chi connectivity index (χ0v) is 4.54. The van der Waals surface area contributed by atoms with Gasteiger partial charge in [-0.1, -0.05) is 0 Å². The summed E-state index contributed by atoms with van der Waals surface area (Å²) < 4.78 is 0. The minimum Gasteiger partial charge on any atom is 0 e. The molecule has 0 saturated heterocycles. The van der Waals surface area contributed by atoms with Gasteiger partial charge in [0.2, 0.25) is 0 Å². The second-order valence-corrected chi connectivity index (χ2v) is 0. The minimum absolute atomic E-state index is 0. The fraction of sp³-hybridized carbons (Fsp3) is 0. The minimum atomic E-state index is 0. The van der Waals surface area contributed by atoms with Gasteiger partial charge in [0.25, 0.3) is 0 Å². The molecule has 4 heteroatoms. The van der Waals surface area contributed by atoms with Crippen LogP contribution in [0.2, 0.25) is 0 Å². The average Bonchev–Trinajstić information content (AvgIpc) is 0. The van der Waals surface area contributed by atoms with Gasteiger partial charge in [-0.3, -0.25) is 0 Å². The fourth-order valence-electron chi connectivity index (χ4n) is 0. The third-order valence-electron chi connectivity index (χ3n) is 0. The van der Waals surface area contributed by atoms with Gasteiger partial charge in [0.1, 0.15) is 0 Å². The summed E-state index contributed by atoms with van der Waals surface area (Å²) in [5.74, 6) is 0. The summed E-state index contributed by atoms with van der Waals surface area (Å²) in [4.78, 5) is 0. The molecule has 0 saturated carbocycles. The molecule has 0 aliphatic rings. The maximum Gasteiger partial charge on any atom is 0 e. The van der Waals surface area contributed by atoms with E-state index >= 15 is 0 Å². The number of hydrogen-bond donors (Lipinski definition) is 0. The van der Waals surface area contributed by atoms with Crippen LogP contribution in [0.3, 0.4) is 0 Å². The Morgan fingerprint density at radius 2 is 1.00 bits per heavy atom. The van der Waals surface area contributed by atoms with E-state index in [9.17, 15) is 0 Å². The van der Waals surface area contributed by atoms with Gasteiger partial charge >= 0.3 is 0 Å². The zero-order chi connectivity index (χ0) is 0. The van der Waals surface area contributed by atoms with E-state index in [0.717, 1.165) is 0 Å². The Labute approximate surface area is 55.8 Å². The predicted octanol–water partition coefficient (Wildman–Crippen LogP) is -0.126. The summed E-state index contributed by atoms with van der Waals surface area (Å²) in [6.07, 6.45) is 0. The van der Waals surface area contributed by atoms with Crippen molar-refractivity contribution >= 4 is 0 Å². The smallest absolute Gasteiger partial charge is 0 e. The van der Waals surface area contributed by atoms with Crippen molar-refractivity contribution < 1.29 is 55.8 Å². The van der Waals surface area contributed by atoms with Crippen molar-refractivity contribution in [2.45, 2.75) is 0 Å². The Bertz CT molecular complexity index is 8.00. The van der Waals surface area contributed by atoms with E-state index in [4.69, 9.17) is 0 Å². The Kier molecular flexibility index (Phi) is 311. The molecular weight excluding hydrogens is 189 g/mol. The first kappa shape index (κ1) is 50.2. The first-order chi connectivity index (χ1) is 0. The van der Waals surface area contributed by atoms with Gasteiger partial charge in [-0.15, -0.1) is 0 Å². The summed E-state index contributed by atoms with van der Waals surface area (Å²) >= 11 is 0. The van der Waals surface area contributed by atoms with Crippen LogP contribution in [0.25, 0.3) is 0 Å².